The average molecular weight is 472 g/mol. The fourth-order valence-corrected chi connectivity index (χ4v) is 4.76. The molecule has 0 aliphatic heterocycles. The number of alkyl carbamates (subject to hydrolysis) is 1. The van der Waals surface area contributed by atoms with Crippen molar-refractivity contribution in [2.24, 2.45) is 0 Å². The van der Waals surface area contributed by atoms with E-state index < -0.39 is 48.8 Å². The number of benzene rings is 2. The van der Waals surface area contributed by atoms with Gasteiger partial charge in [-0.1, -0.05) is 48.5 Å². The number of carboxylic acid groups (broad SMARTS) is 1. The zero-order chi connectivity index (χ0) is 24.3. The molecule has 2 aliphatic carbocycles. The second kappa shape index (κ2) is 9.79. The van der Waals surface area contributed by atoms with Gasteiger partial charge in [0.25, 0.3) is 0 Å². The van der Waals surface area contributed by atoms with Crippen LogP contribution in [0.3, 0.4) is 0 Å². The molecule has 2 unspecified atom stereocenters. The topological polar surface area (TPSA) is 105 Å². The van der Waals surface area contributed by atoms with Gasteiger partial charge in [0.15, 0.2) is 0 Å². The summed E-state index contributed by atoms with van der Waals surface area (Å²) in [6.45, 7) is -0.00385. The predicted molar refractivity (Wildman–Crippen MR) is 120 cm³/mol. The summed E-state index contributed by atoms with van der Waals surface area (Å²) in [7, 11) is 0. The van der Waals surface area contributed by atoms with E-state index >= 15 is 0 Å². The number of fused-ring (bicyclic) bond motifs is 3. The van der Waals surface area contributed by atoms with Crippen molar-refractivity contribution in [3.63, 3.8) is 0 Å². The van der Waals surface area contributed by atoms with Crippen LogP contribution >= 0.6 is 0 Å². The number of alkyl halides is 2. The average Bonchev–Trinajstić information content (AvgIpc) is 3.10. The minimum Gasteiger partial charge on any atom is -0.481 e. The van der Waals surface area contributed by atoms with Crippen LogP contribution in [0.25, 0.3) is 11.1 Å². The molecule has 2 aromatic carbocycles. The Labute approximate surface area is 195 Å². The lowest BCUT2D eigenvalue weighted by molar-refractivity contribution is -0.140. The number of nitrogens with one attached hydrogen (secondary N) is 2. The summed E-state index contributed by atoms with van der Waals surface area (Å²) >= 11 is 0. The second-order valence-electron chi connectivity index (χ2n) is 8.78. The number of rotatable bonds is 7. The zero-order valence-electron chi connectivity index (χ0n) is 18.4. The molecule has 0 spiro atoms. The van der Waals surface area contributed by atoms with Crippen LogP contribution in [-0.2, 0) is 14.3 Å². The highest BCUT2D eigenvalue weighted by Gasteiger charge is 2.38. The number of halogens is 2. The minimum atomic E-state index is -2.88. The Morgan fingerprint density at radius 2 is 1.68 bits per heavy atom. The molecule has 2 atom stereocenters. The monoisotopic (exact) mass is 472 g/mol. The van der Waals surface area contributed by atoms with Gasteiger partial charge in [0.1, 0.15) is 12.6 Å². The molecule has 2 aromatic rings. The molecule has 0 saturated heterocycles. The predicted octanol–water partition coefficient (Wildman–Crippen LogP) is 4.06. The van der Waals surface area contributed by atoms with Gasteiger partial charge in [0.05, 0.1) is 6.42 Å². The van der Waals surface area contributed by atoms with Crippen molar-refractivity contribution in [1.29, 1.82) is 0 Å². The lowest BCUT2D eigenvalue weighted by atomic mass is 9.92. The fourth-order valence-electron chi connectivity index (χ4n) is 4.76. The van der Waals surface area contributed by atoms with E-state index in [1.807, 2.05) is 48.5 Å². The van der Waals surface area contributed by atoms with Gasteiger partial charge in [0.2, 0.25) is 11.8 Å². The molecule has 1 fully saturated rings. The Balaban J connectivity index is 1.39. The Kier molecular flexibility index (Phi) is 6.81. The number of amides is 2. The van der Waals surface area contributed by atoms with Crippen LogP contribution in [0.2, 0.25) is 0 Å². The molecule has 0 bridgehead atoms. The first-order valence-corrected chi connectivity index (χ1v) is 11.2. The first-order valence-electron chi connectivity index (χ1n) is 11.2. The van der Waals surface area contributed by atoms with Gasteiger partial charge in [-0.25, -0.2) is 13.6 Å². The summed E-state index contributed by atoms with van der Waals surface area (Å²) in [4.78, 5) is 36.3. The number of hydrogen-bond acceptors (Lipinski definition) is 4. The summed E-state index contributed by atoms with van der Waals surface area (Å²) in [5.41, 5.74) is 4.13. The van der Waals surface area contributed by atoms with Crippen molar-refractivity contribution in [3.05, 3.63) is 59.7 Å². The molecule has 2 aliphatic rings. The summed E-state index contributed by atoms with van der Waals surface area (Å²) in [6.07, 6.45) is -1.77. The number of carbonyl (C=O) groups excluding carboxylic acids is 2. The van der Waals surface area contributed by atoms with Gasteiger partial charge in [-0.2, -0.15) is 0 Å². The fraction of sp³-hybridized carbons (Fsp3) is 0.400. The molecule has 1 saturated carbocycles. The van der Waals surface area contributed by atoms with Crippen molar-refractivity contribution in [3.8, 4) is 11.1 Å². The van der Waals surface area contributed by atoms with Crippen molar-refractivity contribution < 1.29 is 33.0 Å². The highest BCUT2D eigenvalue weighted by molar-refractivity contribution is 5.89. The van der Waals surface area contributed by atoms with Crippen LogP contribution in [0, 0.1) is 0 Å². The third kappa shape index (κ3) is 5.35. The van der Waals surface area contributed by atoms with E-state index in [0.29, 0.717) is 6.42 Å². The number of hydrogen-bond donors (Lipinski definition) is 3. The van der Waals surface area contributed by atoms with E-state index in [1.165, 1.54) is 0 Å². The zero-order valence-corrected chi connectivity index (χ0v) is 18.4. The lowest BCUT2D eigenvalue weighted by Gasteiger charge is -2.30. The normalized spacial score (nSPS) is 19.4. The summed E-state index contributed by atoms with van der Waals surface area (Å²) in [5, 5.41) is 13.9. The molecule has 4 rings (SSSR count). The smallest absolute Gasteiger partial charge is 0.407 e. The van der Waals surface area contributed by atoms with Crippen molar-refractivity contribution >= 4 is 18.0 Å². The summed E-state index contributed by atoms with van der Waals surface area (Å²) < 4.78 is 32.7. The molecule has 2 amide bonds. The maximum Gasteiger partial charge on any atom is 0.407 e. The number of ether oxygens (including phenoxy) is 1. The molecule has 7 nitrogen and oxygen atoms in total. The molecule has 180 valence electrons. The molecule has 0 radical (unpaired) electrons. The Morgan fingerprint density at radius 1 is 1.06 bits per heavy atom. The van der Waals surface area contributed by atoms with Gasteiger partial charge in [-0.05, 0) is 35.1 Å². The summed E-state index contributed by atoms with van der Waals surface area (Å²) in [6, 6.07) is 13.4. The third-order valence-corrected chi connectivity index (χ3v) is 6.32. The van der Waals surface area contributed by atoms with Gasteiger partial charge in [-0.3, -0.25) is 9.59 Å². The highest BCUT2D eigenvalue weighted by Crippen LogP contribution is 2.44. The molecule has 34 heavy (non-hydrogen) atoms. The number of carboxylic acids is 1. The molecule has 9 heteroatoms. The van der Waals surface area contributed by atoms with Gasteiger partial charge >= 0.3 is 12.1 Å². The highest BCUT2D eigenvalue weighted by atomic mass is 19.3. The minimum absolute atomic E-state index is 0.00385. The quantitative estimate of drug-likeness (QED) is 0.564. The Bertz CT molecular complexity index is 1040. The van der Waals surface area contributed by atoms with Crippen LogP contribution < -0.4 is 10.6 Å². The van der Waals surface area contributed by atoms with E-state index in [2.05, 4.69) is 10.6 Å². The van der Waals surface area contributed by atoms with E-state index in [0.717, 1.165) is 22.3 Å². The molecule has 0 heterocycles. The van der Waals surface area contributed by atoms with Gasteiger partial charge in [0, 0.05) is 24.8 Å². The molecule has 3 N–H and O–H groups in total. The second-order valence-corrected chi connectivity index (χ2v) is 8.78. The van der Waals surface area contributed by atoms with E-state index in [-0.39, 0.29) is 25.4 Å². The van der Waals surface area contributed by atoms with Gasteiger partial charge in [-0.15, -0.1) is 0 Å². The van der Waals surface area contributed by atoms with E-state index in [1.54, 1.807) is 0 Å². The van der Waals surface area contributed by atoms with Crippen LogP contribution in [0.4, 0.5) is 13.6 Å². The maximum atomic E-state index is 13.7. The standard InChI is InChI=1S/C25H26F2N2O5/c26-25(27)11-5-6-15(13-25)28-23(32)21(12-22(30)31)29-24(33)34-14-20-18-9-3-1-7-16(18)17-8-2-4-10-19(17)20/h1-4,7-10,15,20-21H,5-6,11-14H2,(H,28,32)(H,29,33)(H,30,31). The first kappa shape index (κ1) is 23.7. The van der Waals surface area contributed by atoms with Crippen molar-refractivity contribution in [2.75, 3.05) is 6.61 Å². The molecular weight excluding hydrogens is 446 g/mol. The van der Waals surface area contributed by atoms with Crippen LogP contribution in [0.1, 0.15) is 49.1 Å². The Hall–Kier alpha value is -3.49. The Morgan fingerprint density at radius 3 is 2.26 bits per heavy atom. The number of carbonyl (C=O) groups is 3. The van der Waals surface area contributed by atoms with Crippen molar-refractivity contribution in [2.45, 2.75) is 56.0 Å². The van der Waals surface area contributed by atoms with Crippen LogP contribution in [0.5, 0.6) is 0 Å². The van der Waals surface area contributed by atoms with E-state index in [4.69, 9.17) is 9.84 Å². The molecule has 0 aromatic heterocycles. The lowest BCUT2D eigenvalue weighted by Crippen LogP contribution is -2.52. The largest absolute Gasteiger partial charge is 0.481 e. The molecular formula is C25H26F2N2O5. The SMILES string of the molecule is O=C(O)CC(NC(=O)OCC1c2ccccc2-c2ccccc21)C(=O)NC1CCCC(F)(F)C1. The van der Waals surface area contributed by atoms with Crippen LogP contribution in [-0.4, -0.2) is 47.7 Å². The van der Waals surface area contributed by atoms with E-state index in [9.17, 15) is 23.2 Å². The third-order valence-electron chi connectivity index (χ3n) is 6.32. The number of aliphatic carboxylic acids is 1. The van der Waals surface area contributed by atoms with Crippen molar-refractivity contribution in [1.82, 2.24) is 10.6 Å². The summed E-state index contributed by atoms with van der Waals surface area (Å²) in [5.74, 6) is -5.21. The van der Waals surface area contributed by atoms with Gasteiger partial charge < -0.3 is 20.5 Å². The first-order chi connectivity index (χ1) is 16.2. The van der Waals surface area contributed by atoms with Crippen LogP contribution in [0.15, 0.2) is 48.5 Å². The maximum absolute atomic E-state index is 13.7.